The van der Waals surface area contributed by atoms with E-state index in [9.17, 15) is 9.59 Å². The zero-order valence-electron chi connectivity index (χ0n) is 15.0. The SMILES string of the molecule is [C-]#[N+]c1ccc(C(NC(=O)OC(C)(C)C)C(=O)OC(C)(C)C)cc1. The summed E-state index contributed by atoms with van der Waals surface area (Å²) in [5.74, 6) is -0.594. The molecule has 1 aromatic carbocycles. The smallest absolute Gasteiger partial charge is 0.408 e. The van der Waals surface area contributed by atoms with Crippen molar-refractivity contribution in [2.45, 2.75) is 58.8 Å². The highest BCUT2D eigenvalue weighted by Crippen LogP contribution is 2.22. The van der Waals surface area contributed by atoms with Crippen LogP contribution in [0.2, 0.25) is 0 Å². The van der Waals surface area contributed by atoms with Gasteiger partial charge in [0.25, 0.3) is 0 Å². The van der Waals surface area contributed by atoms with Gasteiger partial charge in [0.1, 0.15) is 11.2 Å². The third kappa shape index (κ3) is 6.69. The van der Waals surface area contributed by atoms with Crippen LogP contribution in [0.5, 0.6) is 0 Å². The monoisotopic (exact) mass is 332 g/mol. The van der Waals surface area contributed by atoms with Crippen LogP contribution in [0.3, 0.4) is 0 Å². The Balaban J connectivity index is 3.04. The molecule has 24 heavy (non-hydrogen) atoms. The average molecular weight is 332 g/mol. The van der Waals surface area contributed by atoms with Gasteiger partial charge in [0.05, 0.1) is 6.57 Å². The van der Waals surface area contributed by atoms with E-state index in [4.69, 9.17) is 16.0 Å². The van der Waals surface area contributed by atoms with Crippen molar-refractivity contribution in [2.24, 2.45) is 0 Å². The topological polar surface area (TPSA) is 69.0 Å². The van der Waals surface area contributed by atoms with Crippen molar-refractivity contribution in [1.29, 1.82) is 0 Å². The lowest BCUT2D eigenvalue weighted by Gasteiger charge is -2.26. The van der Waals surface area contributed by atoms with Gasteiger partial charge >= 0.3 is 12.1 Å². The first kappa shape index (κ1) is 19.5. The van der Waals surface area contributed by atoms with Crippen LogP contribution in [0.1, 0.15) is 53.1 Å². The first-order chi connectivity index (χ1) is 10.9. The predicted octanol–water partition coefficient (Wildman–Crippen LogP) is 4.14. The van der Waals surface area contributed by atoms with Crippen molar-refractivity contribution in [3.8, 4) is 0 Å². The fraction of sp³-hybridized carbons (Fsp3) is 0.500. The van der Waals surface area contributed by atoms with Crippen molar-refractivity contribution in [1.82, 2.24) is 5.32 Å². The van der Waals surface area contributed by atoms with Crippen molar-refractivity contribution >= 4 is 17.7 Å². The highest BCUT2D eigenvalue weighted by Gasteiger charge is 2.29. The molecule has 0 aliphatic rings. The number of carbonyl (C=O) groups is 2. The van der Waals surface area contributed by atoms with Gasteiger partial charge in [0.15, 0.2) is 11.7 Å². The van der Waals surface area contributed by atoms with Crippen LogP contribution in [-0.2, 0) is 14.3 Å². The molecule has 1 aromatic rings. The highest BCUT2D eigenvalue weighted by molar-refractivity contribution is 5.83. The van der Waals surface area contributed by atoms with Gasteiger partial charge in [-0.25, -0.2) is 14.4 Å². The van der Waals surface area contributed by atoms with Gasteiger partial charge < -0.3 is 14.8 Å². The molecule has 1 atom stereocenters. The maximum atomic E-state index is 12.5. The fourth-order valence-corrected chi connectivity index (χ4v) is 1.81. The number of nitrogens with zero attached hydrogens (tertiary/aromatic N) is 1. The van der Waals surface area contributed by atoms with Crippen molar-refractivity contribution in [2.75, 3.05) is 0 Å². The molecule has 0 saturated heterocycles. The molecule has 1 N–H and O–H groups in total. The summed E-state index contributed by atoms with van der Waals surface area (Å²) in [7, 11) is 0. The number of carbonyl (C=O) groups excluding carboxylic acids is 2. The highest BCUT2D eigenvalue weighted by atomic mass is 16.6. The summed E-state index contributed by atoms with van der Waals surface area (Å²) >= 11 is 0. The lowest BCUT2D eigenvalue weighted by atomic mass is 10.1. The zero-order chi connectivity index (χ0) is 18.5. The summed E-state index contributed by atoms with van der Waals surface area (Å²) in [5.41, 5.74) is -0.417. The van der Waals surface area contributed by atoms with E-state index >= 15 is 0 Å². The zero-order valence-corrected chi connectivity index (χ0v) is 15.0. The summed E-state index contributed by atoms with van der Waals surface area (Å²) in [6.07, 6.45) is -0.715. The largest absolute Gasteiger partial charge is 0.458 e. The molecule has 1 rings (SSSR count). The third-order valence-electron chi connectivity index (χ3n) is 2.66. The van der Waals surface area contributed by atoms with Gasteiger partial charge in [0, 0.05) is 0 Å². The Morgan fingerprint density at radius 3 is 1.92 bits per heavy atom. The number of esters is 1. The van der Waals surface area contributed by atoms with E-state index in [-0.39, 0.29) is 0 Å². The minimum atomic E-state index is -1.01. The Morgan fingerprint density at radius 2 is 1.50 bits per heavy atom. The number of ether oxygens (including phenoxy) is 2. The molecule has 0 saturated carbocycles. The van der Waals surface area contributed by atoms with Crippen molar-refractivity contribution in [3.63, 3.8) is 0 Å². The second-order valence-electron chi connectivity index (χ2n) is 7.32. The summed E-state index contributed by atoms with van der Waals surface area (Å²) in [4.78, 5) is 27.8. The number of hydrogen-bond acceptors (Lipinski definition) is 4. The fourth-order valence-electron chi connectivity index (χ4n) is 1.81. The molecule has 0 heterocycles. The first-order valence-corrected chi connectivity index (χ1v) is 7.61. The molecule has 6 nitrogen and oxygen atoms in total. The number of hydrogen-bond donors (Lipinski definition) is 1. The van der Waals surface area contributed by atoms with Crippen LogP contribution in [0.15, 0.2) is 24.3 Å². The summed E-state index contributed by atoms with van der Waals surface area (Å²) in [6.45, 7) is 17.4. The molecule has 0 aliphatic heterocycles. The molecule has 0 aliphatic carbocycles. The Morgan fingerprint density at radius 1 is 1.00 bits per heavy atom. The minimum Gasteiger partial charge on any atom is -0.458 e. The molecule has 1 amide bonds. The summed E-state index contributed by atoms with van der Waals surface area (Å²) < 4.78 is 10.6. The first-order valence-electron chi connectivity index (χ1n) is 7.61. The van der Waals surface area contributed by atoms with Gasteiger partial charge in [-0.05, 0) is 47.1 Å². The van der Waals surface area contributed by atoms with Gasteiger partial charge in [-0.1, -0.05) is 24.3 Å². The number of benzene rings is 1. The molecule has 0 aromatic heterocycles. The normalized spacial score (nSPS) is 12.7. The standard InChI is InChI=1S/C18H24N2O4/c1-17(2,3)23-15(21)14(20-16(22)24-18(4,5)6)12-8-10-13(19-7)11-9-12/h8-11,14H,1-6H3,(H,20,22). The second kappa shape index (κ2) is 7.35. The Bertz CT molecular complexity index is 631. The molecular formula is C18H24N2O4. The predicted molar refractivity (Wildman–Crippen MR) is 90.7 cm³/mol. The quantitative estimate of drug-likeness (QED) is 0.667. The molecular weight excluding hydrogens is 308 g/mol. The average Bonchev–Trinajstić information content (AvgIpc) is 2.41. The van der Waals surface area contributed by atoms with E-state index < -0.39 is 29.3 Å². The van der Waals surface area contributed by atoms with Crippen LogP contribution >= 0.6 is 0 Å². The second-order valence-corrected chi connectivity index (χ2v) is 7.32. The third-order valence-corrected chi connectivity index (χ3v) is 2.66. The summed E-state index contributed by atoms with van der Waals surface area (Å²) in [6, 6.07) is 5.37. The van der Waals surface area contributed by atoms with Crippen molar-refractivity contribution < 1.29 is 19.1 Å². The lowest BCUT2D eigenvalue weighted by molar-refractivity contribution is -0.157. The number of rotatable bonds is 3. The Kier molecular flexibility index (Phi) is 5.97. The molecule has 0 spiro atoms. The Hall–Kier alpha value is -2.55. The van der Waals surface area contributed by atoms with Gasteiger partial charge in [-0.3, -0.25) is 0 Å². The maximum Gasteiger partial charge on any atom is 0.408 e. The Labute approximate surface area is 143 Å². The van der Waals surface area contributed by atoms with Crippen molar-refractivity contribution in [3.05, 3.63) is 41.2 Å². The maximum absolute atomic E-state index is 12.5. The van der Waals surface area contributed by atoms with E-state index in [1.54, 1.807) is 65.8 Å². The van der Waals surface area contributed by atoms with Gasteiger partial charge in [-0.15, -0.1) is 0 Å². The molecule has 130 valence electrons. The van der Waals surface area contributed by atoms with E-state index in [1.807, 2.05) is 0 Å². The van der Waals surface area contributed by atoms with E-state index in [0.29, 0.717) is 11.3 Å². The minimum absolute atomic E-state index is 0.443. The molecule has 1 unspecified atom stereocenters. The van der Waals surface area contributed by atoms with Crippen LogP contribution in [0.25, 0.3) is 4.85 Å². The van der Waals surface area contributed by atoms with Crippen LogP contribution in [0.4, 0.5) is 10.5 Å². The van der Waals surface area contributed by atoms with Crippen LogP contribution in [0, 0.1) is 6.57 Å². The van der Waals surface area contributed by atoms with E-state index in [0.717, 1.165) is 0 Å². The number of amides is 1. The van der Waals surface area contributed by atoms with Gasteiger partial charge in [-0.2, -0.15) is 0 Å². The summed E-state index contributed by atoms with van der Waals surface area (Å²) in [5, 5.41) is 2.54. The lowest BCUT2D eigenvalue weighted by Crippen LogP contribution is -2.40. The molecule has 0 bridgehead atoms. The molecule has 6 heteroatoms. The number of nitrogens with one attached hydrogen (secondary N) is 1. The van der Waals surface area contributed by atoms with E-state index in [2.05, 4.69) is 10.2 Å². The molecule has 0 radical (unpaired) electrons. The van der Waals surface area contributed by atoms with Crippen LogP contribution in [-0.4, -0.2) is 23.3 Å². The number of alkyl carbamates (subject to hydrolysis) is 1. The van der Waals surface area contributed by atoms with E-state index in [1.165, 1.54) is 0 Å². The van der Waals surface area contributed by atoms with Crippen LogP contribution < -0.4 is 5.32 Å². The van der Waals surface area contributed by atoms with Gasteiger partial charge in [0.2, 0.25) is 0 Å². The molecule has 0 fully saturated rings.